The molecule has 1 N–H and O–H groups in total. The lowest BCUT2D eigenvalue weighted by Gasteiger charge is -2.29. The first-order valence-corrected chi connectivity index (χ1v) is 10.3. The van der Waals surface area contributed by atoms with Gasteiger partial charge in [0, 0.05) is 5.56 Å². The molecule has 0 saturated carbocycles. The highest BCUT2D eigenvalue weighted by Gasteiger charge is 2.34. The largest absolute Gasteiger partial charge is 0.497 e. The molecule has 0 aliphatic carbocycles. The zero-order chi connectivity index (χ0) is 23.3. The molecule has 1 fully saturated rings. The summed E-state index contributed by atoms with van der Waals surface area (Å²) in [6.45, 7) is 6.08. The predicted octanol–water partition coefficient (Wildman–Crippen LogP) is 3.66. The Labute approximate surface area is 192 Å². The van der Waals surface area contributed by atoms with Crippen molar-refractivity contribution in [3.63, 3.8) is 0 Å². The molecular weight excluding hydrogens is 428 g/mol. The number of thiocarbonyl (C=S) groups is 1. The van der Waals surface area contributed by atoms with Crippen molar-refractivity contribution >= 4 is 40.9 Å². The van der Waals surface area contributed by atoms with Gasteiger partial charge < -0.3 is 14.2 Å². The van der Waals surface area contributed by atoms with Crippen molar-refractivity contribution in [3.05, 3.63) is 65.8 Å². The van der Waals surface area contributed by atoms with Crippen LogP contribution in [0.15, 0.2) is 54.6 Å². The fourth-order valence-electron chi connectivity index (χ4n) is 3.36. The minimum Gasteiger partial charge on any atom is -0.497 e. The van der Waals surface area contributed by atoms with E-state index in [-0.39, 0.29) is 10.7 Å². The molecule has 1 saturated heterocycles. The number of carbonyl (C=O) groups excluding carboxylic acids is 2. The van der Waals surface area contributed by atoms with E-state index in [4.69, 9.17) is 26.4 Å². The molecule has 2 aromatic carbocycles. The van der Waals surface area contributed by atoms with Crippen molar-refractivity contribution in [3.8, 4) is 17.2 Å². The Hall–Kier alpha value is -3.65. The van der Waals surface area contributed by atoms with Crippen LogP contribution in [-0.4, -0.2) is 37.8 Å². The Morgan fingerprint density at radius 3 is 2.44 bits per heavy atom. The van der Waals surface area contributed by atoms with Crippen LogP contribution in [0.2, 0.25) is 0 Å². The number of amides is 2. The van der Waals surface area contributed by atoms with Crippen molar-refractivity contribution < 1.29 is 23.8 Å². The lowest BCUT2D eigenvalue weighted by Crippen LogP contribution is -2.54. The van der Waals surface area contributed by atoms with Crippen LogP contribution in [0.25, 0.3) is 6.08 Å². The second-order valence-corrected chi connectivity index (χ2v) is 7.18. The number of allylic oxidation sites excluding steroid dienone is 1. The van der Waals surface area contributed by atoms with E-state index in [1.54, 1.807) is 50.6 Å². The predicted molar refractivity (Wildman–Crippen MR) is 127 cm³/mol. The third-order valence-corrected chi connectivity index (χ3v) is 5.05. The number of nitrogens with one attached hydrogen (secondary N) is 1. The van der Waals surface area contributed by atoms with E-state index < -0.39 is 11.8 Å². The average Bonchev–Trinajstić information content (AvgIpc) is 2.77. The number of nitrogens with zero attached hydrogens (tertiary/aromatic N) is 1. The maximum absolute atomic E-state index is 13.3. The third kappa shape index (κ3) is 4.65. The van der Waals surface area contributed by atoms with Gasteiger partial charge in [0.05, 0.1) is 26.5 Å². The highest BCUT2D eigenvalue weighted by atomic mass is 32.1. The van der Waals surface area contributed by atoms with Gasteiger partial charge in [-0.2, -0.15) is 0 Å². The maximum atomic E-state index is 13.3. The molecule has 166 valence electrons. The molecule has 32 heavy (non-hydrogen) atoms. The SMILES string of the molecule is C=CCc1cc(/C=C2/C(=O)NC(=S)N(c3ccc(OC)cc3)C2=O)cc(OCC)c1OC. The van der Waals surface area contributed by atoms with Crippen LogP contribution in [0.1, 0.15) is 18.1 Å². The standard InChI is InChI=1S/C24H24N2O5S/c1-5-7-16-12-15(14-20(31-6-2)21(16)30-4)13-19-22(27)25-24(32)26(23(19)28)17-8-10-18(29-3)11-9-17/h5,8-14H,1,6-7H2,2-4H3,(H,25,27,32)/b19-13-. The van der Waals surface area contributed by atoms with E-state index in [1.165, 1.54) is 11.0 Å². The fraction of sp³-hybridized carbons (Fsp3) is 0.208. The van der Waals surface area contributed by atoms with Crippen LogP contribution < -0.4 is 24.4 Å². The minimum atomic E-state index is -0.566. The summed E-state index contributed by atoms with van der Waals surface area (Å²) in [6.07, 6.45) is 3.79. The number of carbonyl (C=O) groups is 2. The number of hydrogen-bond acceptors (Lipinski definition) is 6. The van der Waals surface area contributed by atoms with E-state index in [1.807, 2.05) is 13.0 Å². The molecule has 8 heteroatoms. The van der Waals surface area contributed by atoms with Crippen LogP contribution in [0, 0.1) is 0 Å². The van der Waals surface area contributed by atoms with Crippen molar-refractivity contribution in [2.45, 2.75) is 13.3 Å². The molecule has 2 aromatic rings. The topological polar surface area (TPSA) is 77.1 Å². The molecule has 0 radical (unpaired) electrons. The summed E-state index contributed by atoms with van der Waals surface area (Å²) >= 11 is 5.25. The molecule has 0 bridgehead atoms. The Balaban J connectivity index is 2.05. The van der Waals surface area contributed by atoms with E-state index in [0.717, 1.165) is 5.56 Å². The Morgan fingerprint density at radius 1 is 1.12 bits per heavy atom. The Morgan fingerprint density at radius 2 is 1.84 bits per heavy atom. The van der Waals surface area contributed by atoms with Crippen LogP contribution in [0.3, 0.4) is 0 Å². The van der Waals surface area contributed by atoms with Crippen LogP contribution in [0.4, 0.5) is 5.69 Å². The normalized spacial score (nSPS) is 14.9. The fourth-order valence-corrected chi connectivity index (χ4v) is 3.64. The van der Waals surface area contributed by atoms with Crippen molar-refractivity contribution in [1.29, 1.82) is 0 Å². The van der Waals surface area contributed by atoms with Crippen LogP contribution in [0.5, 0.6) is 17.2 Å². The summed E-state index contributed by atoms with van der Waals surface area (Å²) in [5.41, 5.74) is 1.91. The smallest absolute Gasteiger partial charge is 0.270 e. The molecule has 0 aromatic heterocycles. The van der Waals surface area contributed by atoms with E-state index in [9.17, 15) is 9.59 Å². The molecular formula is C24H24N2O5S. The molecule has 7 nitrogen and oxygen atoms in total. The van der Waals surface area contributed by atoms with Gasteiger partial charge in [0.15, 0.2) is 16.6 Å². The minimum absolute atomic E-state index is 0.0133. The number of methoxy groups -OCH3 is 2. The highest BCUT2D eigenvalue weighted by molar-refractivity contribution is 7.80. The van der Waals surface area contributed by atoms with Gasteiger partial charge in [0.25, 0.3) is 11.8 Å². The highest BCUT2D eigenvalue weighted by Crippen LogP contribution is 2.34. The molecule has 1 aliphatic rings. The zero-order valence-electron chi connectivity index (χ0n) is 18.1. The molecule has 0 unspecified atom stereocenters. The Bertz CT molecular complexity index is 1090. The van der Waals surface area contributed by atoms with E-state index in [0.29, 0.717) is 41.5 Å². The number of ether oxygens (including phenoxy) is 3. The second-order valence-electron chi connectivity index (χ2n) is 6.79. The van der Waals surface area contributed by atoms with Crippen LogP contribution >= 0.6 is 12.2 Å². The summed E-state index contributed by atoms with van der Waals surface area (Å²) in [4.78, 5) is 27.2. The van der Waals surface area contributed by atoms with Gasteiger partial charge >= 0.3 is 0 Å². The lowest BCUT2D eigenvalue weighted by atomic mass is 10.0. The molecule has 1 heterocycles. The third-order valence-electron chi connectivity index (χ3n) is 4.77. The van der Waals surface area contributed by atoms with Gasteiger partial charge in [0.1, 0.15) is 11.3 Å². The Kier molecular flexibility index (Phi) is 7.27. The van der Waals surface area contributed by atoms with Crippen molar-refractivity contribution in [2.24, 2.45) is 0 Å². The molecule has 1 aliphatic heterocycles. The molecule has 0 atom stereocenters. The molecule has 3 rings (SSSR count). The van der Waals surface area contributed by atoms with Crippen LogP contribution in [-0.2, 0) is 16.0 Å². The molecule has 0 spiro atoms. The monoisotopic (exact) mass is 452 g/mol. The number of hydrogen-bond donors (Lipinski definition) is 1. The average molecular weight is 453 g/mol. The summed E-state index contributed by atoms with van der Waals surface area (Å²) in [7, 11) is 3.12. The summed E-state index contributed by atoms with van der Waals surface area (Å²) in [5, 5.41) is 2.60. The lowest BCUT2D eigenvalue weighted by molar-refractivity contribution is -0.122. The van der Waals surface area contributed by atoms with Gasteiger partial charge in [-0.25, -0.2) is 0 Å². The van der Waals surface area contributed by atoms with Gasteiger partial charge in [-0.1, -0.05) is 6.08 Å². The maximum Gasteiger partial charge on any atom is 0.270 e. The first-order valence-electron chi connectivity index (χ1n) is 9.93. The van der Waals surface area contributed by atoms with Gasteiger partial charge in [0.2, 0.25) is 0 Å². The first-order chi connectivity index (χ1) is 15.4. The summed E-state index contributed by atoms with van der Waals surface area (Å²) < 4.78 is 16.4. The number of anilines is 1. The number of rotatable bonds is 8. The van der Waals surface area contributed by atoms with Crippen molar-refractivity contribution in [2.75, 3.05) is 25.7 Å². The van der Waals surface area contributed by atoms with Gasteiger partial charge in [-0.3, -0.25) is 19.8 Å². The van der Waals surface area contributed by atoms with E-state index in [2.05, 4.69) is 11.9 Å². The van der Waals surface area contributed by atoms with Crippen molar-refractivity contribution in [1.82, 2.24) is 5.32 Å². The quantitative estimate of drug-likeness (QED) is 0.285. The number of benzene rings is 2. The van der Waals surface area contributed by atoms with E-state index >= 15 is 0 Å². The van der Waals surface area contributed by atoms with Gasteiger partial charge in [-0.15, -0.1) is 6.58 Å². The molecule has 2 amide bonds. The second kappa shape index (κ2) is 10.1. The summed E-state index contributed by atoms with van der Waals surface area (Å²) in [6, 6.07) is 10.4. The van der Waals surface area contributed by atoms with Gasteiger partial charge in [-0.05, 0) is 73.6 Å². The zero-order valence-corrected chi connectivity index (χ0v) is 19.0. The first kappa shape index (κ1) is 23.0. The summed E-state index contributed by atoms with van der Waals surface area (Å²) in [5.74, 6) is 0.661.